The quantitative estimate of drug-likeness (QED) is 0.625. The molecule has 1 aromatic rings. The zero-order valence-corrected chi connectivity index (χ0v) is 11.1. The molecule has 1 amide bonds. The predicted molar refractivity (Wildman–Crippen MR) is 70.1 cm³/mol. The third-order valence-electron chi connectivity index (χ3n) is 3.26. The molecule has 1 aliphatic carbocycles. The van der Waals surface area contributed by atoms with E-state index in [-0.39, 0.29) is 12.5 Å². The summed E-state index contributed by atoms with van der Waals surface area (Å²) in [6.07, 6.45) is 4.96. The molecule has 3 N–H and O–H groups in total. The van der Waals surface area contributed by atoms with Crippen LogP contribution in [0.1, 0.15) is 41.0 Å². The van der Waals surface area contributed by atoms with E-state index >= 15 is 0 Å². The number of nitrogens with one attached hydrogen (secondary N) is 2. The lowest BCUT2D eigenvalue weighted by molar-refractivity contribution is 0.0865. The molecule has 1 aromatic heterocycles. The smallest absolute Gasteiger partial charge is 0.272 e. The van der Waals surface area contributed by atoms with E-state index < -0.39 is 0 Å². The van der Waals surface area contributed by atoms with Gasteiger partial charge < -0.3 is 15.2 Å². The van der Waals surface area contributed by atoms with E-state index in [1.807, 2.05) is 0 Å². The minimum atomic E-state index is -0.110. The molecule has 0 saturated heterocycles. The maximum atomic E-state index is 12.0. The second-order valence-electron chi connectivity index (χ2n) is 4.68. The topological polar surface area (TPSA) is 87.2 Å². The van der Waals surface area contributed by atoms with Crippen LogP contribution in [0.25, 0.3) is 0 Å². The Bertz CT molecular complexity index is 417. The molecule has 2 rings (SSSR count). The molecule has 0 spiro atoms. The van der Waals surface area contributed by atoms with Crippen molar-refractivity contribution < 1.29 is 14.6 Å². The van der Waals surface area contributed by atoms with Gasteiger partial charge in [-0.2, -0.15) is 5.10 Å². The maximum absolute atomic E-state index is 12.0. The first-order chi connectivity index (χ1) is 9.33. The summed E-state index contributed by atoms with van der Waals surface area (Å²) in [5.74, 6) is -0.110. The number of amides is 1. The third kappa shape index (κ3) is 3.78. The summed E-state index contributed by atoms with van der Waals surface area (Å²) in [6.45, 7) is 1.48. The van der Waals surface area contributed by atoms with Crippen molar-refractivity contribution in [3.05, 3.63) is 17.0 Å². The van der Waals surface area contributed by atoms with E-state index in [1.54, 1.807) is 0 Å². The van der Waals surface area contributed by atoms with Crippen LogP contribution in [0.5, 0.6) is 0 Å². The van der Waals surface area contributed by atoms with Gasteiger partial charge >= 0.3 is 0 Å². The zero-order chi connectivity index (χ0) is 13.5. The van der Waals surface area contributed by atoms with Crippen LogP contribution in [0.2, 0.25) is 0 Å². The molecule has 0 saturated carbocycles. The molecule has 19 heavy (non-hydrogen) atoms. The number of H-pyrrole nitrogens is 1. The van der Waals surface area contributed by atoms with E-state index in [0.29, 0.717) is 25.5 Å². The maximum Gasteiger partial charge on any atom is 0.272 e. The minimum Gasteiger partial charge on any atom is -0.394 e. The largest absolute Gasteiger partial charge is 0.394 e. The number of hydrogen-bond donors (Lipinski definition) is 3. The number of rotatable bonds is 7. The van der Waals surface area contributed by atoms with Crippen LogP contribution in [0.3, 0.4) is 0 Å². The highest BCUT2D eigenvalue weighted by atomic mass is 16.5. The molecule has 0 unspecified atom stereocenters. The van der Waals surface area contributed by atoms with Crippen LogP contribution >= 0.6 is 0 Å². The SMILES string of the molecule is O=C(NCCCOCCO)c1n[nH]c2c1CCCC2. The van der Waals surface area contributed by atoms with Crippen LogP contribution in [-0.4, -0.2) is 47.6 Å². The van der Waals surface area contributed by atoms with Gasteiger partial charge in [-0.3, -0.25) is 9.89 Å². The highest BCUT2D eigenvalue weighted by molar-refractivity contribution is 5.94. The fraction of sp³-hybridized carbons (Fsp3) is 0.692. The van der Waals surface area contributed by atoms with Crippen molar-refractivity contribution in [1.82, 2.24) is 15.5 Å². The lowest BCUT2D eigenvalue weighted by atomic mass is 9.96. The van der Waals surface area contributed by atoms with Crippen molar-refractivity contribution in [2.45, 2.75) is 32.1 Å². The van der Waals surface area contributed by atoms with Crippen molar-refractivity contribution >= 4 is 5.91 Å². The Hall–Kier alpha value is -1.40. The number of fused-ring (bicyclic) bond motifs is 1. The van der Waals surface area contributed by atoms with Crippen LogP contribution in [-0.2, 0) is 17.6 Å². The number of aromatic amines is 1. The molecule has 106 valence electrons. The zero-order valence-electron chi connectivity index (χ0n) is 11.1. The Morgan fingerprint density at radius 2 is 2.21 bits per heavy atom. The van der Waals surface area contributed by atoms with Crippen LogP contribution in [0.15, 0.2) is 0 Å². The number of ether oxygens (including phenoxy) is 1. The molecule has 0 bridgehead atoms. The van der Waals surface area contributed by atoms with Gasteiger partial charge in [0.15, 0.2) is 5.69 Å². The normalized spacial score (nSPS) is 14.2. The second-order valence-corrected chi connectivity index (χ2v) is 4.68. The Morgan fingerprint density at radius 1 is 1.37 bits per heavy atom. The summed E-state index contributed by atoms with van der Waals surface area (Å²) in [7, 11) is 0. The highest BCUT2D eigenvalue weighted by Crippen LogP contribution is 2.21. The predicted octanol–water partition coefficient (Wildman–Crippen LogP) is 0.417. The Balaban J connectivity index is 1.75. The fourth-order valence-electron chi connectivity index (χ4n) is 2.30. The first-order valence-electron chi connectivity index (χ1n) is 6.86. The molecule has 0 fully saturated rings. The molecular weight excluding hydrogens is 246 g/mol. The van der Waals surface area contributed by atoms with Gasteiger partial charge in [0, 0.05) is 24.4 Å². The molecular formula is C13H21N3O3. The number of carbonyl (C=O) groups excluding carboxylic acids is 1. The summed E-state index contributed by atoms with van der Waals surface area (Å²) in [5.41, 5.74) is 2.74. The lowest BCUT2D eigenvalue weighted by Crippen LogP contribution is -2.27. The minimum absolute atomic E-state index is 0.0335. The molecule has 0 aromatic carbocycles. The van der Waals surface area contributed by atoms with Gasteiger partial charge in [0.05, 0.1) is 13.2 Å². The van der Waals surface area contributed by atoms with E-state index in [1.165, 1.54) is 6.42 Å². The lowest BCUT2D eigenvalue weighted by Gasteiger charge is -2.11. The van der Waals surface area contributed by atoms with Gasteiger partial charge in [-0.15, -0.1) is 0 Å². The van der Waals surface area contributed by atoms with Gasteiger partial charge in [0.1, 0.15) is 0 Å². The number of nitrogens with zero attached hydrogens (tertiary/aromatic N) is 1. The number of aliphatic hydroxyl groups excluding tert-OH is 1. The van der Waals surface area contributed by atoms with E-state index in [4.69, 9.17) is 9.84 Å². The van der Waals surface area contributed by atoms with Crippen molar-refractivity contribution in [1.29, 1.82) is 0 Å². The molecule has 1 heterocycles. The van der Waals surface area contributed by atoms with Gasteiger partial charge in [0.2, 0.25) is 0 Å². The number of carbonyl (C=O) groups is 1. The van der Waals surface area contributed by atoms with Gasteiger partial charge in [-0.05, 0) is 32.1 Å². The first kappa shape index (κ1) is 14.0. The molecule has 0 radical (unpaired) electrons. The summed E-state index contributed by atoms with van der Waals surface area (Å²) in [6, 6.07) is 0. The molecule has 1 aliphatic rings. The van der Waals surface area contributed by atoms with Crippen molar-refractivity contribution in [2.75, 3.05) is 26.4 Å². The summed E-state index contributed by atoms with van der Waals surface area (Å²) < 4.78 is 5.12. The van der Waals surface area contributed by atoms with Crippen LogP contribution in [0.4, 0.5) is 0 Å². The average molecular weight is 267 g/mol. The molecule has 6 heteroatoms. The van der Waals surface area contributed by atoms with Crippen molar-refractivity contribution in [3.8, 4) is 0 Å². The number of aryl methyl sites for hydroxylation is 1. The number of aromatic nitrogens is 2. The Morgan fingerprint density at radius 3 is 3.05 bits per heavy atom. The summed E-state index contributed by atoms with van der Waals surface area (Å²) in [4.78, 5) is 12.0. The summed E-state index contributed by atoms with van der Waals surface area (Å²) in [5, 5.41) is 18.5. The Labute approximate surface area is 112 Å². The molecule has 0 aliphatic heterocycles. The van der Waals surface area contributed by atoms with Gasteiger partial charge in [-0.1, -0.05) is 0 Å². The van der Waals surface area contributed by atoms with E-state index in [2.05, 4.69) is 15.5 Å². The fourth-order valence-corrected chi connectivity index (χ4v) is 2.30. The monoisotopic (exact) mass is 267 g/mol. The molecule has 0 atom stereocenters. The number of hydrogen-bond acceptors (Lipinski definition) is 4. The first-order valence-corrected chi connectivity index (χ1v) is 6.86. The van der Waals surface area contributed by atoms with Crippen LogP contribution in [0, 0.1) is 0 Å². The summed E-state index contributed by atoms with van der Waals surface area (Å²) >= 11 is 0. The van der Waals surface area contributed by atoms with Crippen molar-refractivity contribution in [2.24, 2.45) is 0 Å². The third-order valence-corrected chi connectivity index (χ3v) is 3.26. The highest BCUT2D eigenvalue weighted by Gasteiger charge is 2.21. The Kier molecular flexibility index (Phi) is 5.35. The van der Waals surface area contributed by atoms with Crippen molar-refractivity contribution in [3.63, 3.8) is 0 Å². The standard InChI is InChI=1S/C13H21N3O3/c17-7-9-19-8-3-6-14-13(18)12-10-4-1-2-5-11(10)15-16-12/h17H,1-9H2,(H,14,18)(H,15,16). The van der Waals surface area contributed by atoms with E-state index in [9.17, 15) is 4.79 Å². The molecule has 6 nitrogen and oxygen atoms in total. The van der Waals surface area contributed by atoms with E-state index in [0.717, 1.165) is 36.9 Å². The second kappa shape index (κ2) is 7.25. The number of aliphatic hydroxyl groups is 1. The average Bonchev–Trinajstić information content (AvgIpc) is 2.86. The van der Waals surface area contributed by atoms with Gasteiger partial charge in [-0.25, -0.2) is 0 Å². The van der Waals surface area contributed by atoms with Gasteiger partial charge in [0.25, 0.3) is 5.91 Å². The van der Waals surface area contributed by atoms with Crippen LogP contribution < -0.4 is 5.32 Å².